The van der Waals surface area contributed by atoms with E-state index in [9.17, 15) is 4.39 Å². The molecule has 0 spiro atoms. The van der Waals surface area contributed by atoms with Gasteiger partial charge in [-0.2, -0.15) is 0 Å². The maximum atomic E-state index is 12.8. The minimum atomic E-state index is -0.245. The molecule has 0 fully saturated rings. The number of hydrogen-bond acceptors (Lipinski definition) is 4. The van der Waals surface area contributed by atoms with E-state index in [-0.39, 0.29) is 5.82 Å². The van der Waals surface area contributed by atoms with Crippen LogP contribution in [0.4, 0.5) is 9.39 Å². The van der Waals surface area contributed by atoms with E-state index in [0.29, 0.717) is 6.54 Å². The third-order valence-corrected chi connectivity index (χ3v) is 3.19. The summed E-state index contributed by atoms with van der Waals surface area (Å²) in [6, 6.07) is 4.62. The van der Waals surface area contributed by atoms with Gasteiger partial charge in [0.05, 0.1) is 6.20 Å². The third kappa shape index (κ3) is 2.73. The van der Waals surface area contributed by atoms with E-state index in [1.54, 1.807) is 12.3 Å². The lowest BCUT2D eigenvalue weighted by Gasteiger charge is -2.05. The van der Waals surface area contributed by atoms with Crippen molar-refractivity contribution in [3.63, 3.8) is 0 Å². The van der Waals surface area contributed by atoms with Crippen molar-refractivity contribution in [2.45, 2.75) is 6.54 Å². The summed E-state index contributed by atoms with van der Waals surface area (Å²) in [5, 5.41) is 7.74. The lowest BCUT2D eigenvalue weighted by Crippen LogP contribution is -1.98. The monoisotopic (exact) mass is 287 g/mol. The first-order valence-corrected chi connectivity index (χ1v) is 5.77. The number of benzene rings is 1. The second-order valence-corrected chi connectivity index (χ2v) is 4.51. The molecule has 3 nitrogen and oxygen atoms in total. The van der Waals surface area contributed by atoms with Crippen molar-refractivity contribution in [3.05, 3.63) is 40.2 Å². The molecule has 0 aliphatic carbocycles. The van der Waals surface area contributed by atoms with E-state index in [0.717, 1.165) is 15.0 Å². The highest BCUT2D eigenvalue weighted by molar-refractivity contribution is 9.10. The standard InChI is InChI=1S/C9H7BrFN3S/c10-8-3-7(11)2-1-6(8)4-12-9-5-13-14-15-9/h1-3,5,12H,4H2. The molecule has 78 valence electrons. The summed E-state index contributed by atoms with van der Waals surface area (Å²) in [6.45, 7) is 0.616. The van der Waals surface area contributed by atoms with Crippen molar-refractivity contribution in [3.8, 4) is 0 Å². The lowest BCUT2D eigenvalue weighted by molar-refractivity contribution is 0.626. The molecule has 0 bridgehead atoms. The molecule has 0 aliphatic heterocycles. The first kappa shape index (κ1) is 10.5. The van der Waals surface area contributed by atoms with Crippen molar-refractivity contribution in [1.29, 1.82) is 0 Å². The fourth-order valence-corrected chi connectivity index (χ4v) is 2.00. The number of anilines is 1. The average molecular weight is 288 g/mol. The molecule has 0 amide bonds. The first-order chi connectivity index (χ1) is 7.25. The van der Waals surface area contributed by atoms with Crippen LogP contribution < -0.4 is 5.32 Å². The molecule has 0 aliphatic rings. The van der Waals surface area contributed by atoms with Gasteiger partial charge in [0.1, 0.15) is 10.8 Å². The van der Waals surface area contributed by atoms with Gasteiger partial charge in [0.25, 0.3) is 0 Å². The van der Waals surface area contributed by atoms with Crippen LogP contribution in [0.15, 0.2) is 28.9 Å². The molecular weight excluding hydrogens is 281 g/mol. The summed E-state index contributed by atoms with van der Waals surface area (Å²) in [7, 11) is 0. The molecule has 1 heterocycles. The molecule has 0 saturated heterocycles. The van der Waals surface area contributed by atoms with Crippen LogP contribution in [0, 0.1) is 5.82 Å². The largest absolute Gasteiger partial charge is 0.370 e. The van der Waals surface area contributed by atoms with Crippen LogP contribution in [0.3, 0.4) is 0 Å². The molecule has 0 atom stereocenters. The third-order valence-electron chi connectivity index (χ3n) is 1.83. The summed E-state index contributed by atoms with van der Waals surface area (Å²) in [5.74, 6) is -0.245. The summed E-state index contributed by atoms with van der Waals surface area (Å²) in [5.41, 5.74) is 0.991. The van der Waals surface area contributed by atoms with Crippen molar-refractivity contribution in [2.24, 2.45) is 0 Å². The average Bonchev–Trinajstić information content (AvgIpc) is 2.69. The molecule has 15 heavy (non-hydrogen) atoms. The number of nitrogens with zero attached hydrogens (tertiary/aromatic N) is 2. The zero-order chi connectivity index (χ0) is 10.7. The summed E-state index contributed by atoms with van der Waals surface area (Å²) in [4.78, 5) is 0. The maximum Gasteiger partial charge on any atom is 0.130 e. The van der Waals surface area contributed by atoms with E-state index < -0.39 is 0 Å². The lowest BCUT2D eigenvalue weighted by atomic mass is 10.2. The van der Waals surface area contributed by atoms with Crippen molar-refractivity contribution >= 4 is 32.5 Å². The minimum Gasteiger partial charge on any atom is -0.370 e. The predicted molar refractivity (Wildman–Crippen MR) is 61.3 cm³/mol. The SMILES string of the molecule is Fc1ccc(CNc2cnns2)c(Br)c1. The van der Waals surface area contributed by atoms with E-state index in [1.165, 1.54) is 23.7 Å². The number of halogens is 2. The van der Waals surface area contributed by atoms with Gasteiger partial charge >= 0.3 is 0 Å². The maximum absolute atomic E-state index is 12.8. The summed E-state index contributed by atoms with van der Waals surface area (Å²) < 4.78 is 17.3. The van der Waals surface area contributed by atoms with Crippen molar-refractivity contribution in [2.75, 3.05) is 5.32 Å². The van der Waals surface area contributed by atoms with Crippen molar-refractivity contribution < 1.29 is 4.39 Å². The predicted octanol–water partition coefficient (Wildman–Crippen LogP) is 3.05. The Morgan fingerprint density at radius 2 is 2.33 bits per heavy atom. The number of aromatic nitrogens is 2. The molecule has 0 radical (unpaired) electrons. The molecule has 0 unspecified atom stereocenters. The zero-order valence-corrected chi connectivity index (χ0v) is 9.98. The molecule has 6 heteroatoms. The van der Waals surface area contributed by atoms with Gasteiger partial charge in [0, 0.05) is 22.5 Å². The van der Waals surface area contributed by atoms with Gasteiger partial charge in [0.2, 0.25) is 0 Å². The smallest absolute Gasteiger partial charge is 0.130 e. The van der Waals surface area contributed by atoms with Crippen LogP contribution in [0.5, 0.6) is 0 Å². The van der Waals surface area contributed by atoms with E-state index in [2.05, 4.69) is 30.8 Å². The fourth-order valence-electron chi connectivity index (χ4n) is 1.09. The highest BCUT2D eigenvalue weighted by atomic mass is 79.9. The number of rotatable bonds is 3. The molecule has 1 N–H and O–H groups in total. The van der Waals surface area contributed by atoms with Gasteiger partial charge in [-0.3, -0.25) is 0 Å². The van der Waals surface area contributed by atoms with Crippen LogP contribution in [0.2, 0.25) is 0 Å². The van der Waals surface area contributed by atoms with Crippen LogP contribution in [-0.2, 0) is 6.54 Å². The fraction of sp³-hybridized carbons (Fsp3) is 0.111. The van der Waals surface area contributed by atoms with Gasteiger partial charge in [-0.15, -0.1) is 5.10 Å². The molecular formula is C9H7BrFN3S. The Bertz CT molecular complexity index is 447. The highest BCUT2D eigenvalue weighted by Crippen LogP contribution is 2.19. The quantitative estimate of drug-likeness (QED) is 0.943. The second kappa shape index (κ2) is 4.67. The van der Waals surface area contributed by atoms with Gasteiger partial charge in [0.15, 0.2) is 0 Å². The van der Waals surface area contributed by atoms with E-state index in [4.69, 9.17) is 0 Å². The number of nitrogens with one attached hydrogen (secondary N) is 1. The van der Waals surface area contributed by atoms with E-state index in [1.807, 2.05) is 0 Å². The normalized spacial score (nSPS) is 10.3. The molecule has 1 aromatic carbocycles. The van der Waals surface area contributed by atoms with Crippen LogP contribution >= 0.6 is 27.5 Å². The van der Waals surface area contributed by atoms with Gasteiger partial charge in [-0.05, 0) is 17.7 Å². The Morgan fingerprint density at radius 3 is 3.00 bits per heavy atom. The van der Waals surface area contributed by atoms with Crippen molar-refractivity contribution in [1.82, 2.24) is 9.59 Å². The first-order valence-electron chi connectivity index (χ1n) is 4.21. The van der Waals surface area contributed by atoms with Crippen LogP contribution in [0.1, 0.15) is 5.56 Å². The summed E-state index contributed by atoms with van der Waals surface area (Å²) >= 11 is 4.59. The van der Waals surface area contributed by atoms with Crippen LogP contribution in [0.25, 0.3) is 0 Å². The van der Waals surface area contributed by atoms with Gasteiger partial charge in [-0.25, -0.2) is 4.39 Å². The molecule has 0 saturated carbocycles. The Kier molecular flexibility index (Phi) is 3.27. The molecule has 2 rings (SSSR count). The Morgan fingerprint density at radius 1 is 1.47 bits per heavy atom. The minimum absolute atomic E-state index is 0.245. The van der Waals surface area contributed by atoms with Gasteiger partial charge in [-0.1, -0.05) is 26.5 Å². The zero-order valence-electron chi connectivity index (χ0n) is 7.58. The Labute approximate surface area is 98.6 Å². The van der Waals surface area contributed by atoms with E-state index >= 15 is 0 Å². The highest BCUT2D eigenvalue weighted by Gasteiger charge is 2.02. The molecule has 1 aromatic heterocycles. The Balaban J connectivity index is 2.05. The number of hydrogen-bond donors (Lipinski definition) is 1. The topological polar surface area (TPSA) is 37.8 Å². The van der Waals surface area contributed by atoms with Crippen LogP contribution in [-0.4, -0.2) is 9.59 Å². The van der Waals surface area contributed by atoms with Gasteiger partial charge < -0.3 is 5.32 Å². The Hall–Kier alpha value is -1.01. The molecule has 2 aromatic rings. The second-order valence-electron chi connectivity index (χ2n) is 2.87. The summed E-state index contributed by atoms with van der Waals surface area (Å²) in [6.07, 6.45) is 1.65.